The molecular formula is C15H14ClFN2O3S. The van der Waals surface area contributed by atoms with Crippen LogP contribution in [0.1, 0.15) is 10.4 Å². The molecule has 0 unspecified atom stereocenters. The number of rotatable bonds is 4. The van der Waals surface area contributed by atoms with Crippen LogP contribution in [-0.2, 0) is 10.0 Å². The zero-order valence-electron chi connectivity index (χ0n) is 12.4. The number of carbonyl (C=O) groups is 1. The van der Waals surface area contributed by atoms with Crippen LogP contribution in [0, 0.1) is 5.82 Å². The maximum absolute atomic E-state index is 12.9. The average Bonchev–Trinajstić information content (AvgIpc) is 2.48. The van der Waals surface area contributed by atoms with Crippen molar-refractivity contribution in [3.63, 3.8) is 0 Å². The van der Waals surface area contributed by atoms with Crippen LogP contribution in [0.4, 0.5) is 15.8 Å². The summed E-state index contributed by atoms with van der Waals surface area (Å²) in [6.07, 6.45) is 1.04. The molecule has 0 saturated heterocycles. The largest absolute Gasteiger partial charge is 0.322 e. The van der Waals surface area contributed by atoms with Gasteiger partial charge in [0.15, 0.2) is 0 Å². The molecule has 2 aromatic carbocycles. The third kappa shape index (κ3) is 4.20. The van der Waals surface area contributed by atoms with E-state index in [1.165, 1.54) is 49.5 Å². The molecule has 0 fully saturated rings. The number of hydrogen-bond donors (Lipinski definition) is 1. The molecule has 0 heterocycles. The van der Waals surface area contributed by atoms with Gasteiger partial charge in [0, 0.05) is 18.3 Å². The Balaban J connectivity index is 2.29. The van der Waals surface area contributed by atoms with E-state index in [9.17, 15) is 17.6 Å². The van der Waals surface area contributed by atoms with E-state index >= 15 is 0 Å². The van der Waals surface area contributed by atoms with Crippen molar-refractivity contribution in [2.75, 3.05) is 22.9 Å². The summed E-state index contributed by atoms with van der Waals surface area (Å²) in [5.41, 5.74) is 0.842. The summed E-state index contributed by atoms with van der Waals surface area (Å²) in [4.78, 5) is 12.2. The number of halogens is 2. The molecule has 2 rings (SSSR count). The van der Waals surface area contributed by atoms with Gasteiger partial charge < -0.3 is 5.32 Å². The Morgan fingerprint density at radius 2 is 1.78 bits per heavy atom. The van der Waals surface area contributed by atoms with E-state index in [2.05, 4.69) is 5.32 Å². The molecule has 5 nitrogen and oxygen atoms in total. The van der Waals surface area contributed by atoms with Crippen molar-refractivity contribution in [3.8, 4) is 0 Å². The summed E-state index contributed by atoms with van der Waals surface area (Å²) in [7, 11) is -2.16. The fraction of sp³-hybridized carbons (Fsp3) is 0.133. The van der Waals surface area contributed by atoms with Crippen molar-refractivity contribution < 1.29 is 17.6 Å². The molecule has 0 aliphatic carbocycles. The number of benzene rings is 2. The molecule has 0 aliphatic rings. The molecule has 2 aromatic rings. The molecule has 0 saturated carbocycles. The van der Waals surface area contributed by atoms with Gasteiger partial charge in [-0.2, -0.15) is 0 Å². The molecule has 0 spiro atoms. The number of hydrogen-bond acceptors (Lipinski definition) is 3. The van der Waals surface area contributed by atoms with Crippen LogP contribution < -0.4 is 9.62 Å². The van der Waals surface area contributed by atoms with Crippen molar-refractivity contribution in [1.29, 1.82) is 0 Å². The van der Waals surface area contributed by atoms with Gasteiger partial charge in [-0.3, -0.25) is 9.10 Å². The Morgan fingerprint density at radius 3 is 2.35 bits per heavy atom. The van der Waals surface area contributed by atoms with Crippen molar-refractivity contribution >= 4 is 38.9 Å². The second-order valence-corrected chi connectivity index (χ2v) is 7.28. The fourth-order valence-corrected chi connectivity index (χ4v) is 2.61. The van der Waals surface area contributed by atoms with Crippen LogP contribution in [0.25, 0.3) is 0 Å². The Labute approximate surface area is 138 Å². The molecular weight excluding hydrogens is 343 g/mol. The minimum Gasteiger partial charge on any atom is -0.322 e. The second kappa shape index (κ2) is 6.55. The number of carbonyl (C=O) groups excluding carboxylic acids is 1. The average molecular weight is 357 g/mol. The fourth-order valence-electron chi connectivity index (χ4n) is 1.81. The van der Waals surface area contributed by atoms with Crippen molar-refractivity contribution in [1.82, 2.24) is 0 Å². The maximum atomic E-state index is 12.9. The molecule has 0 atom stereocenters. The maximum Gasteiger partial charge on any atom is 0.255 e. The number of nitrogens with zero attached hydrogens (tertiary/aromatic N) is 1. The smallest absolute Gasteiger partial charge is 0.255 e. The highest BCUT2D eigenvalue weighted by Gasteiger charge is 2.17. The zero-order chi connectivity index (χ0) is 17.2. The summed E-state index contributed by atoms with van der Waals surface area (Å²) in [6, 6.07) is 9.58. The number of sulfonamides is 1. The summed E-state index contributed by atoms with van der Waals surface area (Å²) in [5.74, 6) is -0.872. The summed E-state index contributed by atoms with van der Waals surface area (Å²) in [6.45, 7) is 0. The quantitative estimate of drug-likeness (QED) is 0.915. The molecule has 1 N–H and O–H groups in total. The Bertz CT molecular complexity index is 838. The van der Waals surface area contributed by atoms with Crippen molar-refractivity contribution in [2.24, 2.45) is 0 Å². The second-order valence-electron chi connectivity index (χ2n) is 4.86. The van der Waals surface area contributed by atoms with E-state index in [0.29, 0.717) is 5.69 Å². The molecule has 0 bridgehead atoms. The van der Waals surface area contributed by atoms with E-state index in [4.69, 9.17) is 11.6 Å². The normalized spacial score (nSPS) is 11.1. The van der Waals surface area contributed by atoms with Crippen LogP contribution in [0.3, 0.4) is 0 Å². The monoisotopic (exact) mass is 356 g/mol. The lowest BCUT2D eigenvalue weighted by Crippen LogP contribution is -2.25. The van der Waals surface area contributed by atoms with Gasteiger partial charge in [-0.25, -0.2) is 12.8 Å². The first-order valence-electron chi connectivity index (χ1n) is 6.49. The molecule has 1 amide bonds. The van der Waals surface area contributed by atoms with Crippen LogP contribution in [0.2, 0.25) is 5.02 Å². The molecule has 23 heavy (non-hydrogen) atoms. The highest BCUT2D eigenvalue weighted by Crippen LogP contribution is 2.28. The SMILES string of the molecule is CN(c1cc(C(=O)Nc2ccc(F)cc2)ccc1Cl)S(C)(=O)=O. The third-order valence-electron chi connectivity index (χ3n) is 3.15. The molecule has 0 radical (unpaired) electrons. The molecule has 0 aliphatic heterocycles. The number of anilines is 2. The highest BCUT2D eigenvalue weighted by atomic mass is 35.5. The van der Waals surface area contributed by atoms with E-state index in [-0.39, 0.29) is 16.3 Å². The van der Waals surface area contributed by atoms with Gasteiger partial charge in [0.05, 0.1) is 17.0 Å². The molecule has 122 valence electrons. The Morgan fingerprint density at radius 1 is 1.17 bits per heavy atom. The first kappa shape index (κ1) is 17.2. The van der Waals surface area contributed by atoms with Crippen molar-refractivity contribution in [3.05, 3.63) is 58.9 Å². The summed E-state index contributed by atoms with van der Waals surface area (Å²) < 4.78 is 37.1. The standard InChI is InChI=1S/C15H14ClFN2O3S/c1-19(23(2,21)22)14-9-10(3-8-13(14)16)15(20)18-12-6-4-11(17)5-7-12/h3-9H,1-2H3,(H,18,20). The van der Waals surface area contributed by atoms with Gasteiger partial charge in [-0.15, -0.1) is 0 Å². The zero-order valence-corrected chi connectivity index (χ0v) is 14.0. The predicted molar refractivity (Wildman–Crippen MR) is 89.1 cm³/mol. The van der Waals surface area contributed by atoms with Crippen molar-refractivity contribution in [2.45, 2.75) is 0 Å². The van der Waals surface area contributed by atoms with Gasteiger partial charge in [0.1, 0.15) is 5.82 Å². The van der Waals surface area contributed by atoms with Gasteiger partial charge in [-0.05, 0) is 42.5 Å². The van der Waals surface area contributed by atoms with Gasteiger partial charge in [0.2, 0.25) is 10.0 Å². The van der Waals surface area contributed by atoms with Gasteiger partial charge in [-0.1, -0.05) is 11.6 Å². The van der Waals surface area contributed by atoms with E-state index in [1.807, 2.05) is 0 Å². The lowest BCUT2D eigenvalue weighted by Gasteiger charge is -2.18. The van der Waals surface area contributed by atoms with Gasteiger partial charge >= 0.3 is 0 Å². The number of amides is 1. The Kier molecular flexibility index (Phi) is 4.91. The topological polar surface area (TPSA) is 66.5 Å². The minimum atomic E-state index is -3.51. The lowest BCUT2D eigenvalue weighted by molar-refractivity contribution is 0.102. The highest BCUT2D eigenvalue weighted by molar-refractivity contribution is 7.92. The molecule has 8 heteroatoms. The molecule has 0 aromatic heterocycles. The van der Waals surface area contributed by atoms with Crippen LogP contribution >= 0.6 is 11.6 Å². The third-order valence-corrected chi connectivity index (χ3v) is 4.66. The summed E-state index contributed by atoms with van der Waals surface area (Å²) in [5, 5.41) is 2.80. The lowest BCUT2D eigenvalue weighted by atomic mass is 10.2. The van der Waals surface area contributed by atoms with Crippen LogP contribution in [-0.4, -0.2) is 27.6 Å². The van der Waals surface area contributed by atoms with Gasteiger partial charge in [0.25, 0.3) is 5.91 Å². The van der Waals surface area contributed by atoms with Crippen LogP contribution in [0.15, 0.2) is 42.5 Å². The minimum absolute atomic E-state index is 0.195. The predicted octanol–water partition coefficient (Wildman–Crippen LogP) is 3.13. The van der Waals surface area contributed by atoms with E-state index in [0.717, 1.165) is 10.6 Å². The summed E-state index contributed by atoms with van der Waals surface area (Å²) >= 11 is 6.00. The Hall–Kier alpha value is -2.12. The van der Waals surface area contributed by atoms with Crippen LogP contribution in [0.5, 0.6) is 0 Å². The number of nitrogens with one attached hydrogen (secondary N) is 1. The first-order valence-corrected chi connectivity index (χ1v) is 8.71. The van der Waals surface area contributed by atoms with E-state index in [1.54, 1.807) is 0 Å². The van der Waals surface area contributed by atoms with E-state index < -0.39 is 21.7 Å². The first-order chi connectivity index (χ1) is 10.7.